The normalized spacial score (nSPS) is 13.8. The number of unbranched alkanes of at least 4 members (excludes halogenated alkanes) is 29. The molecule has 2 atom stereocenters. The fourth-order valence-corrected chi connectivity index (χ4v) is 7.57. The minimum Gasteiger partial charge on any atom is -0.756 e. The molecule has 0 spiro atoms. The van der Waals surface area contributed by atoms with Gasteiger partial charge in [-0.25, -0.2) is 0 Å². The summed E-state index contributed by atoms with van der Waals surface area (Å²) in [5.41, 5.74) is 0. The van der Waals surface area contributed by atoms with Gasteiger partial charge in [0.25, 0.3) is 7.82 Å². The Hall–Kier alpha value is -0.760. The number of phosphoric acid groups is 1. The number of hydrogen-bond donors (Lipinski definition) is 0. The molecular weight excluding hydrogens is 721 g/mol. The van der Waals surface area contributed by atoms with Crippen LogP contribution in [0.5, 0.6) is 0 Å². The Bertz CT molecular complexity index is 909. The van der Waals surface area contributed by atoms with Crippen molar-refractivity contribution in [2.45, 2.75) is 232 Å². The molecule has 0 aliphatic heterocycles. The van der Waals surface area contributed by atoms with Gasteiger partial charge in [0.05, 0.1) is 34.4 Å². The maximum Gasteiger partial charge on any atom is 0.306 e. The lowest BCUT2D eigenvalue weighted by molar-refractivity contribution is -0.870. The number of carbonyl (C=O) groups excluding carboxylic acids is 1. The lowest BCUT2D eigenvalue weighted by Crippen LogP contribution is -2.37. The standard InChI is InChI=1S/C47H94NO7P/c1-6-8-10-12-14-16-18-20-22-24-26-28-30-32-34-36-38-40-47(49)55-46(45-54-56(50,51)53-43-41-48(3,4)5)44-52-42-39-37-35-33-31-29-27-25-23-21-19-17-15-13-11-9-7-2/h20,22,46H,6-19,21,23-45H2,1-5H3/b22-20-. The number of quaternary nitrogens is 1. The van der Waals surface area contributed by atoms with Gasteiger partial charge in [-0.3, -0.25) is 9.36 Å². The molecule has 0 aromatic heterocycles. The Labute approximate surface area is 348 Å². The van der Waals surface area contributed by atoms with Crippen LogP contribution in [-0.2, 0) is 27.9 Å². The molecule has 0 fully saturated rings. The second-order valence-electron chi connectivity index (χ2n) is 17.5. The molecule has 0 aromatic rings. The highest BCUT2D eigenvalue weighted by atomic mass is 31.2. The zero-order chi connectivity index (χ0) is 41.3. The van der Waals surface area contributed by atoms with Crippen LogP contribution in [0, 0.1) is 0 Å². The van der Waals surface area contributed by atoms with Gasteiger partial charge in [-0.2, -0.15) is 0 Å². The van der Waals surface area contributed by atoms with Crippen LogP contribution in [0.25, 0.3) is 0 Å². The topological polar surface area (TPSA) is 94.1 Å². The van der Waals surface area contributed by atoms with Gasteiger partial charge < -0.3 is 27.9 Å². The first-order valence-corrected chi connectivity index (χ1v) is 25.4. The van der Waals surface area contributed by atoms with E-state index < -0.39 is 13.9 Å². The number of hydrogen-bond acceptors (Lipinski definition) is 7. The SMILES string of the molecule is CCCCCCCC/C=C\CCCCCCCCCC(=O)OC(COCCCCCCCCCCCCCCCCCCC)COP(=O)([O-])OCC[N+](C)(C)C. The smallest absolute Gasteiger partial charge is 0.306 e. The summed E-state index contributed by atoms with van der Waals surface area (Å²) < 4.78 is 34.7. The highest BCUT2D eigenvalue weighted by Gasteiger charge is 2.20. The number of nitrogens with zero attached hydrogens (tertiary/aromatic N) is 1. The number of esters is 1. The first-order chi connectivity index (χ1) is 27.1. The van der Waals surface area contributed by atoms with Gasteiger partial charge in [-0.15, -0.1) is 0 Å². The van der Waals surface area contributed by atoms with E-state index in [1.807, 2.05) is 21.1 Å². The van der Waals surface area contributed by atoms with Crippen LogP contribution < -0.4 is 4.89 Å². The molecule has 0 aromatic carbocycles. The van der Waals surface area contributed by atoms with Gasteiger partial charge in [0.15, 0.2) is 0 Å². The summed E-state index contributed by atoms with van der Waals surface area (Å²) >= 11 is 0. The molecule has 8 nitrogen and oxygen atoms in total. The monoisotopic (exact) mass is 816 g/mol. The largest absolute Gasteiger partial charge is 0.756 e. The third kappa shape index (κ3) is 44.3. The van der Waals surface area contributed by atoms with Crippen molar-refractivity contribution in [1.29, 1.82) is 0 Å². The molecule has 334 valence electrons. The summed E-state index contributed by atoms with van der Waals surface area (Å²) in [4.78, 5) is 25.1. The van der Waals surface area contributed by atoms with Crippen LogP contribution in [0.1, 0.15) is 226 Å². The number of allylic oxidation sites excluding steroid dienone is 2. The summed E-state index contributed by atoms with van der Waals surface area (Å²) in [6, 6.07) is 0. The van der Waals surface area contributed by atoms with Crippen molar-refractivity contribution in [1.82, 2.24) is 0 Å². The third-order valence-corrected chi connectivity index (χ3v) is 11.5. The second-order valence-corrected chi connectivity index (χ2v) is 18.9. The number of phosphoric ester groups is 1. The van der Waals surface area contributed by atoms with E-state index in [-0.39, 0.29) is 25.8 Å². The van der Waals surface area contributed by atoms with Crippen molar-refractivity contribution in [2.75, 3.05) is 54.1 Å². The van der Waals surface area contributed by atoms with Crippen LogP contribution in [-0.4, -0.2) is 70.7 Å². The molecule has 0 radical (unpaired) electrons. The molecule has 0 amide bonds. The Morgan fingerprint density at radius 1 is 0.536 bits per heavy atom. The fraction of sp³-hybridized carbons (Fsp3) is 0.936. The fourth-order valence-electron chi connectivity index (χ4n) is 6.84. The Balaban J connectivity index is 4.16. The summed E-state index contributed by atoms with van der Waals surface area (Å²) in [5, 5.41) is 0. The summed E-state index contributed by atoms with van der Waals surface area (Å²) in [6.45, 7) is 5.45. The van der Waals surface area contributed by atoms with E-state index in [1.54, 1.807) is 0 Å². The lowest BCUT2D eigenvalue weighted by Gasteiger charge is -2.28. The van der Waals surface area contributed by atoms with Crippen LogP contribution in [0.4, 0.5) is 0 Å². The predicted octanol–water partition coefficient (Wildman–Crippen LogP) is 13.6. The quantitative estimate of drug-likeness (QED) is 0.0199. The van der Waals surface area contributed by atoms with Gasteiger partial charge in [0.2, 0.25) is 0 Å². The molecule has 2 unspecified atom stereocenters. The first kappa shape index (κ1) is 55.2. The van der Waals surface area contributed by atoms with Crippen LogP contribution >= 0.6 is 7.82 Å². The maximum atomic E-state index is 12.7. The van der Waals surface area contributed by atoms with Crippen molar-refractivity contribution >= 4 is 13.8 Å². The highest BCUT2D eigenvalue weighted by Crippen LogP contribution is 2.38. The number of carbonyl (C=O) groups is 1. The summed E-state index contributed by atoms with van der Waals surface area (Å²) in [5.74, 6) is -0.334. The lowest BCUT2D eigenvalue weighted by atomic mass is 10.0. The zero-order valence-electron chi connectivity index (χ0n) is 37.9. The van der Waals surface area contributed by atoms with E-state index in [0.717, 1.165) is 32.1 Å². The van der Waals surface area contributed by atoms with Gasteiger partial charge in [-0.1, -0.05) is 193 Å². The predicted molar refractivity (Wildman–Crippen MR) is 236 cm³/mol. The van der Waals surface area contributed by atoms with E-state index in [0.29, 0.717) is 24.1 Å². The van der Waals surface area contributed by atoms with Crippen molar-refractivity contribution in [2.24, 2.45) is 0 Å². The van der Waals surface area contributed by atoms with Crippen LogP contribution in [0.15, 0.2) is 12.2 Å². The molecule has 0 bridgehead atoms. The van der Waals surface area contributed by atoms with Crippen molar-refractivity contribution < 1.29 is 37.3 Å². The molecule has 0 heterocycles. The molecule has 56 heavy (non-hydrogen) atoms. The molecule has 0 rings (SSSR count). The average Bonchev–Trinajstić information content (AvgIpc) is 3.15. The average molecular weight is 816 g/mol. The summed E-state index contributed by atoms with van der Waals surface area (Å²) in [7, 11) is 1.37. The maximum absolute atomic E-state index is 12.7. The Morgan fingerprint density at radius 3 is 1.36 bits per heavy atom. The molecule has 0 N–H and O–H groups in total. The Kier molecular flexibility index (Phi) is 40.4. The van der Waals surface area contributed by atoms with E-state index >= 15 is 0 Å². The van der Waals surface area contributed by atoms with Crippen molar-refractivity contribution in [3.63, 3.8) is 0 Å². The van der Waals surface area contributed by atoms with Crippen molar-refractivity contribution in [3.05, 3.63) is 12.2 Å². The minimum atomic E-state index is -4.52. The third-order valence-electron chi connectivity index (χ3n) is 10.6. The molecular formula is C47H94NO7P. The zero-order valence-corrected chi connectivity index (χ0v) is 38.7. The van der Waals surface area contributed by atoms with E-state index in [1.165, 1.54) is 173 Å². The number of rotatable bonds is 45. The molecule has 0 saturated heterocycles. The van der Waals surface area contributed by atoms with Crippen LogP contribution in [0.2, 0.25) is 0 Å². The molecule has 0 aliphatic rings. The minimum absolute atomic E-state index is 0.0287. The van der Waals surface area contributed by atoms with Crippen LogP contribution in [0.3, 0.4) is 0 Å². The number of likely N-dealkylation sites (N-methyl/N-ethyl adjacent to an activating group) is 1. The van der Waals surface area contributed by atoms with Gasteiger partial charge in [0, 0.05) is 13.0 Å². The van der Waals surface area contributed by atoms with E-state index in [9.17, 15) is 14.3 Å². The van der Waals surface area contributed by atoms with Gasteiger partial charge in [-0.05, 0) is 38.5 Å². The van der Waals surface area contributed by atoms with E-state index in [2.05, 4.69) is 26.0 Å². The molecule has 0 saturated carbocycles. The molecule has 0 aliphatic carbocycles. The van der Waals surface area contributed by atoms with Gasteiger partial charge >= 0.3 is 5.97 Å². The molecule has 9 heteroatoms. The van der Waals surface area contributed by atoms with E-state index in [4.69, 9.17) is 18.5 Å². The van der Waals surface area contributed by atoms with Crippen molar-refractivity contribution in [3.8, 4) is 0 Å². The summed E-state index contributed by atoms with van der Waals surface area (Å²) in [6.07, 6.45) is 45.0. The first-order valence-electron chi connectivity index (χ1n) is 23.9. The Morgan fingerprint density at radius 2 is 0.929 bits per heavy atom. The van der Waals surface area contributed by atoms with Gasteiger partial charge in [0.1, 0.15) is 19.3 Å². The second kappa shape index (κ2) is 41.0. The highest BCUT2D eigenvalue weighted by molar-refractivity contribution is 7.45. The number of ether oxygens (including phenoxy) is 2.